The van der Waals surface area contributed by atoms with Crippen LogP contribution in [0.5, 0.6) is 0 Å². The van der Waals surface area contributed by atoms with E-state index in [9.17, 15) is 23.5 Å². The minimum atomic E-state index is -0.933. The van der Waals surface area contributed by atoms with Crippen LogP contribution < -0.4 is 0 Å². The normalized spacial score (nSPS) is 17.5. The Morgan fingerprint density at radius 1 is 0.794 bits per heavy atom. The van der Waals surface area contributed by atoms with E-state index in [4.69, 9.17) is 0 Å². The summed E-state index contributed by atoms with van der Waals surface area (Å²) < 4.78 is 27.0. The Hall–Kier alpha value is -4.32. The maximum atomic E-state index is 13.6. The van der Waals surface area contributed by atoms with Crippen molar-refractivity contribution in [2.45, 2.75) is 12.6 Å². The molecule has 0 spiro atoms. The van der Waals surface area contributed by atoms with Crippen LogP contribution in [0.15, 0.2) is 96.6 Å². The van der Waals surface area contributed by atoms with Gasteiger partial charge in [-0.3, -0.25) is 9.59 Å². The van der Waals surface area contributed by atoms with Crippen LogP contribution in [-0.2, 0) is 16.1 Å². The topological polar surface area (TPSA) is 57.6 Å². The number of aliphatic hydroxyl groups excluding tert-OH is 1. The fourth-order valence-electron chi connectivity index (χ4n) is 4.31. The van der Waals surface area contributed by atoms with Crippen LogP contribution >= 0.6 is 0 Å². The summed E-state index contributed by atoms with van der Waals surface area (Å²) in [6.07, 6.45) is 0. The van der Waals surface area contributed by atoms with Gasteiger partial charge in [-0.1, -0.05) is 60.7 Å². The number of nitrogens with zero attached hydrogens (tertiary/aromatic N) is 1. The average Bonchev–Trinajstić information content (AvgIpc) is 3.10. The quantitative estimate of drug-likeness (QED) is 0.243. The Balaban J connectivity index is 1.65. The molecular formula is C28H19F2NO3. The molecule has 0 bridgehead atoms. The molecule has 1 saturated heterocycles. The van der Waals surface area contributed by atoms with E-state index in [1.54, 1.807) is 12.1 Å². The molecule has 4 aromatic rings. The molecule has 0 saturated carbocycles. The van der Waals surface area contributed by atoms with Crippen molar-refractivity contribution in [2.24, 2.45) is 0 Å². The van der Waals surface area contributed by atoms with Crippen LogP contribution in [0.2, 0.25) is 0 Å². The summed E-state index contributed by atoms with van der Waals surface area (Å²) in [4.78, 5) is 27.5. The molecule has 5 rings (SSSR count). The third-order valence-corrected chi connectivity index (χ3v) is 6.01. The predicted octanol–water partition coefficient (Wildman–Crippen LogP) is 5.74. The van der Waals surface area contributed by atoms with Crippen molar-refractivity contribution in [3.05, 3.63) is 125 Å². The number of amides is 1. The van der Waals surface area contributed by atoms with Gasteiger partial charge in [0.2, 0.25) is 0 Å². The number of halogens is 2. The minimum absolute atomic E-state index is 0.0153. The van der Waals surface area contributed by atoms with E-state index in [1.807, 2.05) is 30.3 Å². The number of Topliss-reactive ketones (excluding diaryl/α,β-unsaturated/α-hetero) is 1. The van der Waals surface area contributed by atoms with E-state index in [2.05, 4.69) is 0 Å². The lowest BCUT2D eigenvalue weighted by Gasteiger charge is -2.25. The fourth-order valence-corrected chi connectivity index (χ4v) is 4.31. The SMILES string of the molecule is O=C1C(=O)N(Cc2ccc(F)cc2)C(c2ccc(F)cc2)/C1=C(/O)c1ccc2ccccc2c1. The molecule has 34 heavy (non-hydrogen) atoms. The third-order valence-electron chi connectivity index (χ3n) is 6.01. The molecule has 1 heterocycles. The van der Waals surface area contributed by atoms with Crippen molar-refractivity contribution in [2.75, 3.05) is 0 Å². The number of carbonyl (C=O) groups excluding carboxylic acids is 2. The second kappa shape index (κ2) is 8.56. The molecule has 1 aliphatic rings. The van der Waals surface area contributed by atoms with Crippen molar-refractivity contribution in [1.82, 2.24) is 4.90 Å². The van der Waals surface area contributed by atoms with Crippen LogP contribution in [0.3, 0.4) is 0 Å². The molecule has 6 heteroatoms. The lowest BCUT2D eigenvalue weighted by atomic mass is 9.94. The van der Waals surface area contributed by atoms with Gasteiger partial charge in [-0.05, 0) is 52.2 Å². The molecular weight excluding hydrogens is 436 g/mol. The molecule has 1 unspecified atom stereocenters. The average molecular weight is 455 g/mol. The number of benzene rings is 4. The van der Waals surface area contributed by atoms with E-state index in [-0.39, 0.29) is 17.9 Å². The van der Waals surface area contributed by atoms with E-state index >= 15 is 0 Å². The largest absolute Gasteiger partial charge is 0.507 e. The molecule has 0 aromatic heterocycles. The number of hydrogen-bond donors (Lipinski definition) is 1. The van der Waals surface area contributed by atoms with Gasteiger partial charge in [0.15, 0.2) is 0 Å². The molecule has 4 aromatic carbocycles. The van der Waals surface area contributed by atoms with Crippen molar-refractivity contribution < 1.29 is 23.5 Å². The number of hydrogen-bond acceptors (Lipinski definition) is 3. The Morgan fingerprint density at radius 3 is 2.09 bits per heavy atom. The van der Waals surface area contributed by atoms with Gasteiger partial charge in [-0.15, -0.1) is 0 Å². The zero-order valence-electron chi connectivity index (χ0n) is 17.9. The molecule has 0 aliphatic carbocycles. The Bertz CT molecular complexity index is 1440. The number of rotatable bonds is 4. The highest BCUT2D eigenvalue weighted by molar-refractivity contribution is 6.46. The lowest BCUT2D eigenvalue weighted by molar-refractivity contribution is -0.140. The maximum absolute atomic E-state index is 13.6. The van der Waals surface area contributed by atoms with Gasteiger partial charge in [0.05, 0.1) is 11.6 Å². The van der Waals surface area contributed by atoms with Gasteiger partial charge in [-0.25, -0.2) is 8.78 Å². The van der Waals surface area contributed by atoms with E-state index in [0.717, 1.165) is 10.8 Å². The zero-order valence-corrected chi connectivity index (χ0v) is 17.9. The van der Waals surface area contributed by atoms with E-state index < -0.39 is 29.4 Å². The molecule has 4 nitrogen and oxygen atoms in total. The fraction of sp³-hybridized carbons (Fsp3) is 0.0714. The first-order valence-corrected chi connectivity index (χ1v) is 10.7. The summed E-state index contributed by atoms with van der Waals surface area (Å²) in [5.74, 6) is -2.81. The Kier molecular flexibility index (Phi) is 5.42. The van der Waals surface area contributed by atoms with Gasteiger partial charge in [0, 0.05) is 12.1 Å². The second-order valence-corrected chi connectivity index (χ2v) is 8.17. The predicted molar refractivity (Wildman–Crippen MR) is 125 cm³/mol. The van der Waals surface area contributed by atoms with Gasteiger partial charge in [0.1, 0.15) is 17.4 Å². The van der Waals surface area contributed by atoms with Crippen LogP contribution in [0, 0.1) is 11.6 Å². The van der Waals surface area contributed by atoms with Crippen LogP contribution in [0.25, 0.3) is 16.5 Å². The summed E-state index contributed by atoms with van der Waals surface area (Å²) in [5.41, 5.74) is 1.41. The highest BCUT2D eigenvalue weighted by atomic mass is 19.1. The lowest BCUT2D eigenvalue weighted by Crippen LogP contribution is -2.29. The van der Waals surface area contributed by atoms with Gasteiger partial charge in [0.25, 0.3) is 11.7 Å². The third kappa shape index (κ3) is 3.83. The van der Waals surface area contributed by atoms with E-state index in [1.165, 1.54) is 53.4 Å². The van der Waals surface area contributed by atoms with Gasteiger partial charge in [-0.2, -0.15) is 0 Å². The van der Waals surface area contributed by atoms with E-state index in [0.29, 0.717) is 16.7 Å². The molecule has 0 radical (unpaired) electrons. The number of ketones is 1. The van der Waals surface area contributed by atoms with Crippen LogP contribution in [0.4, 0.5) is 8.78 Å². The Morgan fingerprint density at radius 2 is 1.41 bits per heavy atom. The number of fused-ring (bicyclic) bond motifs is 1. The summed E-state index contributed by atoms with van der Waals surface area (Å²) in [7, 11) is 0. The van der Waals surface area contributed by atoms with Crippen LogP contribution in [-0.4, -0.2) is 21.7 Å². The van der Waals surface area contributed by atoms with Gasteiger partial charge < -0.3 is 10.0 Å². The molecule has 168 valence electrons. The summed E-state index contributed by atoms with van der Waals surface area (Å²) in [6, 6.07) is 23.0. The molecule has 1 aliphatic heterocycles. The highest BCUT2D eigenvalue weighted by Gasteiger charge is 2.46. The maximum Gasteiger partial charge on any atom is 0.295 e. The number of likely N-dealkylation sites (tertiary alicyclic amines) is 1. The molecule has 1 N–H and O–H groups in total. The number of aliphatic hydroxyl groups is 1. The second-order valence-electron chi connectivity index (χ2n) is 8.17. The first kappa shape index (κ1) is 21.5. The van der Waals surface area contributed by atoms with Gasteiger partial charge >= 0.3 is 0 Å². The first-order valence-electron chi connectivity index (χ1n) is 10.7. The monoisotopic (exact) mass is 455 g/mol. The zero-order chi connectivity index (χ0) is 23.8. The molecule has 1 amide bonds. The van der Waals surface area contributed by atoms with Crippen molar-refractivity contribution in [3.8, 4) is 0 Å². The Labute approximate surface area is 194 Å². The minimum Gasteiger partial charge on any atom is -0.507 e. The number of carbonyl (C=O) groups is 2. The van der Waals surface area contributed by atoms with Crippen molar-refractivity contribution in [3.63, 3.8) is 0 Å². The first-order chi connectivity index (χ1) is 16.4. The smallest absolute Gasteiger partial charge is 0.295 e. The molecule has 1 fully saturated rings. The van der Waals surface area contributed by atoms with Crippen molar-refractivity contribution >= 4 is 28.2 Å². The van der Waals surface area contributed by atoms with Crippen molar-refractivity contribution in [1.29, 1.82) is 0 Å². The summed E-state index contributed by atoms with van der Waals surface area (Å²) >= 11 is 0. The summed E-state index contributed by atoms with van der Waals surface area (Å²) in [5, 5.41) is 13.1. The summed E-state index contributed by atoms with van der Waals surface area (Å²) in [6.45, 7) is 0.0153. The molecule has 1 atom stereocenters. The standard InChI is InChI=1S/C28H19F2NO3/c29-22-11-5-17(6-12-22)16-31-25(19-9-13-23(30)14-10-19)24(27(33)28(31)34)26(32)21-8-7-18-3-1-2-4-20(18)15-21/h1-15,25,32H,16H2/b26-24-. The van der Waals surface area contributed by atoms with Crippen LogP contribution in [0.1, 0.15) is 22.7 Å². The highest BCUT2D eigenvalue weighted by Crippen LogP contribution is 2.40.